The first-order valence-corrected chi connectivity index (χ1v) is 22.1. The fraction of sp³-hybridized carbons (Fsp3) is 0.0159. The van der Waals surface area contributed by atoms with Gasteiger partial charge in [0.2, 0.25) is 0 Å². The molecule has 0 heterocycles. The number of anilines is 2. The maximum atomic E-state index is 4.67. The van der Waals surface area contributed by atoms with Crippen molar-refractivity contribution in [3.05, 3.63) is 248 Å². The van der Waals surface area contributed by atoms with E-state index in [0.29, 0.717) is 0 Å². The van der Waals surface area contributed by atoms with Crippen LogP contribution in [0.15, 0.2) is 237 Å². The zero-order chi connectivity index (χ0) is 42.7. The molecule has 300 valence electrons. The molecule has 0 spiro atoms. The SMILES string of the molecule is C=C(c1ccc2c(ccc3cc(-c4ccc5c(-c6ccc7ccccc7c6)c6ccccc6c(-c6ccc7ccccc7c6)c5c4)ccc32)c1)N(c1ccccc1)c1ccccc1C. The Labute approximate surface area is 373 Å². The first-order valence-electron chi connectivity index (χ1n) is 22.1. The number of benzene rings is 12. The summed E-state index contributed by atoms with van der Waals surface area (Å²) >= 11 is 0. The Bertz CT molecular complexity index is 3820. The van der Waals surface area contributed by atoms with E-state index in [1.54, 1.807) is 0 Å². The Kier molecular flexibility index (Phi) is 8.95. The van der Waals surface area contributed by atoms with E-state index in [1.807, 2.05) is 0 Å². The second kappa shape index (κ2) is 15.3. The van der Waals surface area contributed by atoms with E-state index in [0.717, 1.165) is 22.6 Å². The van der Waals surface area contributed by atoms with Gasteiger partial charge >= 0.3 is 0 Å². The average Bonchev–Trinajstić information content (AvgIpc) is 3.35. The van der Waals surface area contributed by atoms with Gasteiger partial charge in [-0.1, -0.05) is 189 Å². The van der Waals surface area contributed by atoms with Crippen LogP contribution in [0.5, 0.6) is 0 Å². The molecule has 12 rings (SSSR count). The third kappa shape index (κ3) is 6.32. The van der Waals surface area contributed by atoms with Gasteiger partial charge in [-0.2, -0.15) is 0 Å². The molecule has 0 fully saturated rings. The van der Waals surface area contributed by atoms with Gasteiger partial charge in [0.05, 0.1) is 0 Å². The number of nitrogens with zero attached hydrogens (tertiary/aromatic N) is 1. The van der Waals surface area contributed by atoms with Crippen LogP contribution < -0.4 is 4.90 Å². The summed E-state index contributed by atoms with van der Waals surface area (Å²) in [6, 6.07) is 84.6. The van der Waals surface area contributed by atoms with E-state index in [2.05, 4.69) is 249 Å². The van der Waals surface area contributed by atoms with Crippen molar-refractivity contribution in [2.24, 2.45) is 0 Å². The van der Waals surface area contributed by atoms with Crippen molar-refractivity contribution in [1.29, 1.82) is 0 Å². The summed E-state index contributed by atoms with van der Waals surface area (Å²) in [6.07, 6.45) is 0. The molecule has 0 saturated heterocycles. The minimum atomic E-state index is 0.939. The topological polar surface area (TPSA) is 3.24 Å². The average molecular weight is 814 g/mol. The molecule has 1 heteroatoms. The minimum absolute atomic E-state index is 0.939. The highest BCUT2D eigenvalue weighted by Gasteiger charge is 2.20. The molecule has 0 unspecified atom stereocenters. The quantitative estimate of drug-likeness (QED) is 0.114. The van der Waals surface area contributed by atoms with Crippen LogP contribution >= 0.6 is 0 Å². The second-order valence-electron chi connectivity index (χ2n) is 17.0. The van der Waals surface area contributed by atoms with Crippen molar-refractivity contribution in [2.45, 2.75) is 6.92 Å². The number of hydrogen-bond acceptors (Lipinski definition) is 1. The standard InChI is InChI=1S/C63H43N/c1-41-14-6-13-23-61(41)64(54-19-4-3-5-20-54)42(2)45-30-33-55-50(36-45)26-27-51-37-48(31-34-56(51)55)49-32-35-59-60(40-49)63(53-29-25-44-16-8-10-18-47(44)39-53)58-22-12-11-21-57(58)62(59)52-28-24-43-15-7-9-17-46(43)38-52/h3-40H,2H2,1H3. The monoisotopic (exact) mass is 813 g/mol. The van der Waals surface area contributed by atoms with Crippen molar-refractivity contribution in [1.82, 2.24) is 0 Å². The summed E-state index contributed by atoms with van der Waals surface area (Å²) in [6.45, 7) is 6.83. The lowest BCUT2D eigenvalue weighted by atomic mass is 9.84. The van der Waals surface area contributed by atoms with E-state index in [9.17, 15) is 0 Å². The predicted molar refractivity (Wildman–Crippen MR) is 277 cm³/mol. The fourth-order valence-corrected chi connectivity index (χ4v) is 10.1. The van der Waals surface area contributed by atoms with E-state index in [-0.39, 0.29) is 0 Å². The highest BCUT2D eigenvalue weighted by molar-refractivity contribution is 6.23. The Morgan fingerprint density at radius 3 is 1.44 bits per heavy atom. The van der Waals surface area contributed by atoms with Gasteiger partial charge in [-0.05, 0) is 165 Å². The van der Waals surface area contributed by atoms with E-state index in [4.69, 9.17) is 0 Å². The van der Waals surface area contributed by atoms with Gasteiger partial charge in [0.1, 0.15) is 0 Å². The molecule has 0 bridgehead atoms. The highest BCUT2D eigenvalue weighted by Crippen LogP contribution is 2.46. The number of aryl methyl sites for hydroxylation is 1. The largest absolute Gasteiger partial charge is 0.310 e. The smallest absolute Gasteiger partial charge is 0.0490 e. The number of hydrogen-bond donors (Lipinski definition) is 0. The highest BCUT2D eigenvalue weighted by atomic mass is 15.1. The van der Waals surface area contributed by atoms with Crippen molar-refractivity contribution in [3.8, 4) is 33.4 Å². The molecule has 0 aliphatic heterocycles. The summed E-state index contributed by atoms with van der Waals surface area (Å²) in [5.41, 5.74) is 12.8. The zero-order valence-corrected chi connectivity index (χ0v) is 35.6. The number of para-hydroxylation sites is 2. The van der Waals surface area contributed by atoms with Gasteiger partial charge in [0.15, 0.2) is 0 Å². The van der Waals surface area contributed by atoms with Crippen LogP contribution in [0.25, 0.3) is 104 Å². The lowest BCUT2D eigenvalue weighted by Crippen LogP contribution is -2.15. The maximum Gasteiger partial charge on any atom is 0.0490 e. The van der Waals surface area contributed by atoms with Gasteiger partial charge < -0.3 is 4.90 Å². The Morgan fingerprint density at radius 1 is 0.328 bits per heavy atom. The molecule has 0 aromatic heterocycles. The fourth-order valence-electron chi connectivity index (χ4n) is 10.1. The lowest BCUT2D eigenvalue weighted by Gasteiger charge is -2.29. The second-order valence-corrected chi connectivity index (χ2v) is 17.0. The molecule has 0 N–H and O–H groups in total. The molecular formula is C63H43N. The predicted octanol–water partition coefficient (Wildman–Crippen LogP) is 17.7. The van der Waals surface area contributed by atoms with E-state index < -0.39 is 0 Å². The van der Waals surface area contributed by atoms with E-state index >= 15 is 0 Å². The molecule has 0 amide bonds. The van der Waals surface area contributed by atoms with Crippen molar-refractivity contribution in [2.75, 3.05) is 4.90 Å². The molecule has 64 heavy (non-hydrogen) atoms. The molecular weight excluding hydrogens is 771 g/mol. The molecule has 12 aromatic rings. The van der Waals surface area contributed by atoms with Crippen LogP contribution in [0.2, 0.25) is 0 Å². The lowest BCUT2D eigenvalue weighted by molar-refractivity contribution is 1.26. The summed E-state index contributed by atoms with van der Waals surface area (Å²) in [5, 5.41) is 14.9. The molecule has 0 saturated carbocycles. The molecule has 12 aromatic carbocycles. The third-order valence-electron chi connectivity index (χ3n) is 13.2. The van der Waals surface area contributed by atoms with Gasteiger partial charge in [-0.25, -0.2) is 0 Å². The Morgan fingerprint density at radius 2 is 0.781 bits per heavy atom. The first kappa shape index (κ1) is 37.5. The van der Waals surface area contributed by atoms with Crippen LogP contribution in [0, 0.1) is 6.92 Å². The molecule has 0 radical (unpaired) electrons. The van der Waals surface area contributed by atoms with Crippen LogP contribution in [-0.4, -0.2) is 0 Å². The minimum Gasteiger partial charge on any atom is -0.310 e. The number of fused-ring (bicyclic) bond motifs is 7. The third-order valence-corrected chi connectivity index (χ3v) is 13.2. The maximum absolute atomic E-state index is 4.67. The normalized spacial score (nSPS) is 11.6. The van der Waals surface area contributed by atoms with Crippen LogP contribution in [0.4, 0.5) is 11.4 Å². The van der Waals surface area contributed by atoms with Crippen LogP contribution in [0.3, 0.4) is 0 Å². The van der Waals surface area contributed by atoms with Crippen LogP contribution in [0.1, 0.15) is 11.1 Å². The van der Waals surface area contributed by atoms with Crippen molar-refractivity contribution < 1.29 is 0 Å². The first-order chi connectivity index (χ1) is 31.6. The van der Waals surface area contributed by atoms with Crippen molar-refractivity contribution in [3.63, 3.8) is 0 Å². The Hall–Kier alpha value is -8.26. The molecule has 0 atom stereocenters. The van der Waals surface area contributed by atoms with Crippen LogP contribution in [-0.2, 0) is 0 Å². The van der Waals surface area contributed by atoms with Crippen molar-refractivity contribution >= 4 is 81.7 Å². The van der Waals surface area contributed by atoms with Gasteiger partial charge in [-0.3, -0.25) is 0 Å². The summed E-state index contributed by atoms with van der Waals surface area (Å²) in [4.78, 5) is 2.27. The molecule has 0 aliphatic rings. The zero-order valence-electron chi connectivity index (χ0n) is 35.6. The number of rotatable bonds is 7. The van der Waals surface area contributed by atoms with Gasteiger partial charge in [0.25, 0.3) is 0 Å². The molecule has 0 aliphatic carbocycles. The van der Waals surface area contributed by atoms with Gasteiger partial charge in [-0.15, -0.1) is 0 Å². The Balaban J connectivity index is 1.00. The molecule has 1 nitrogen and oxygen atoms in total. The van der Waals surface area contributed by atoms with E-state index in [1.165, 1.54) is 104 Å². The summed E-state index contributed by atoms with van der Waals surface area (Å²) in [5.74, 6) is 0. The summed E-state index contributed by atoms with van der Waals surface area (Å²) < 4.78 is 0. The summed E-state index contributed by atoms with van der Waals surface area (Å²) in [7, 11) is 0. The van der Waals surface area contributed by atoms with Gasteiger partial charge in [0, 0.05) is 17.1 Å².